The Morgan fingerprint density at radius 3 is 2.97 bits per heavy atom. The van der Waals surface area contributed by atoms with E-state index in [1.165, 1.54) is 5.56 Å². The van der Waals surface area contributed by atoms with Gasteiger partial charge in [-0.3, -0.25) is 14.7 Å². The molecule has 1 aliphatic heterocycles. The first-order chi connectivity index (χ1) is 16.5. The van der Waals surface area contributed by atoms with Crippen LogP contribution in [0.4, 0.5) is 4.39 Å². The number of alkyl halides is 1. The molecule has 0 bridgehead atoms. The number of thiophene rings is 1. The number of benzene rings is 1. The number of carbonyl (C=O) groups is 1. The first kappa shape index (κ1) is 24.2. The summed E-state index contributed by atoms with van der Waals surface area (Å²) in [7, 11) is 1.58. The van der Waals surface area contributed by atoms with E-state index in [9.17, 15) is 9.90 Å². The van der Waals surface area contributed by atoms with Crippen LogP contribution in [0.25, 0.3) is 10.9 Å². The van der Waals surface area contributed by atoms with Gasteiger partial charge in [0, 0.05) is 18.1 Å². The van der Waals surface area contributed by atoms with E-state index >= 15 is 4.39 Å². The molecule has 1 aromatic carbocycles. The minimum Gasteiger partial charge on any atom is -0.497 e. The monoisotopic (exact) mass is 480 g/mol. The predicted molar refractivity (Wildman–Crippen MR) is 133 cm³/mol. The first-order valence-corrected chi connectivity index (χ1v) is 12.4. The minimum absolute atomic E-state index is 0.0536. The van der Waals surface area contributed by atoms with Gasteiger partial charge in [-0.25, -0.2) is 4.39 Å². The number of likely N-dealkylation sites (tertiary alicyclic amines) is 1. The second-order valence-electron chi connectivity index (χ2n) is 8.79. The van der Waals surface area contributed by atoms with E-state index in [0.717, 1.165) is 28.7 Å². The summed E-state index contributed by atoms with van der Waals surface area (Å²) in [6.45, 7) is 3.81. The molecule has 4 rings (SSSR count). The van der Waals surface area contributed by atoms with Crippen LogP contribution in [-0.4, -0.2) is 47.7 Å². The highest BCUT2D eigenvalue weighted by molar-refractivity contribution is 7.10. The highest BCUT2D eigenvalue weighted by Crippen LogP contribution is 2.35. The average Bonchev–Trinajstić information content (AvgIpc) is 3.26. The Morgan fingerprint density at radius 2 is 2.24 bits per heavy atom. The summed E-state index contributed by atoms with van der Waals surface area (Å²) in [5, 5.41) is 12.6. The van der Waals surface area contributed by atoms with E-state index < -0.39 is 18.1 Å². The maximum atomic E-state index is 15.4. The molecule has 1 N–H and O–H groups in total. The van der Waals surface area contributed by atoms with E-state index in [2.05, 4.69) is 21.7 Å². The summed E-state index contributed by atoms with van der Waals surface area (Å²) in [6.07, 6.45) is 1.97. The largest absolute Gasteiger partial charge is 0.497 e. The van der Waals surface area contributed by atoms with Gasteiger partial charge in [0.15, 0.2) is 0 Å². The molecule has 0 radical (unpaired) electrons. The van der Waals surface area contributed by atoms with Gasteiger partial charge in [-0.05, 0) is 85.5 Å². The lowest BCUT2D eigenvalue weighted by Gasteiger charge is -2.35. The van der Waals surface area contributed by atoms with Crippen molar-refractivity contribution in [3.63, 3.8) is 0 Å². The standard InChI is InChI=1S/C27H29FN2O3S/c1-18-11-15-34-26(18)4-3-13-30-14-10-19(23(17-30)27(31)32)5-7-24(28)21-9-12-29-25-8-6-20(33-2)16-22(21)25/h6,8-9,11-12,15-16,19,23-24H,5,7,10,13-14,17H2,1-2H3,(H,31,32)/t19-,23+,24?/m1/s1. The van der Waals surface area contributed by atoms with Crippen LogP contribution in [0.1, 0.15) is 41.4 Å². The third-order valence-corrected chi connectivity index (χ3v) is 7.57. The first-order valence-electron chi connectivity index (χ1n) is 11.5. The molecule has 1 aliphatic rings. The number of carboxylic acids is 1. The molecule has 178 valence electrons. The molecule has 0 amide bonds. The Labute approximate surface area is 203 Å². The molecule has 1 fully saturated rings. The number of aliphatic carboxylic acids is 1. The van der Waals surface area contributed by atoms with Gasteiger partial charge in [0.25, 0.3) is 0 Å². The Hall–Kier alpha value is -2.95. The van der Waals surface area contributed by atoms with Gasteiger partial charge in [-0.1, -0.05) is 11.8 Å². The topological polar surface area (TPSA) is 62.7 Å². The van der Waals surface area contributed by atoms with Crippen molar-refractivity contribution >= 4 is 28.2 Å². The van der Waals surface area contributed by atoms with Crippen LogP contribution in [0.3, 0.4) is 0 Å². The summed E-state index contributed by atoms with van der Waals surface area (Å²) >= 11 is 1.62. The maximum Gasteiger partial charge on any atom is 0.308 e. The van der Waals surface area contributed by atoms with Crippen molar-refractivity contribution in [3.05, 3.63) is 57.9 Å². The van der Waals surface area contributed by atoms with Gasteiger partial charge < -0.3 is 9.84 Å². The zero-order valence-corrected chi connectivity index (χ0v) is 20.3. The summed E-state index contributed by atoms with van der Waals surface area (Å²) in [5.74, 6) is 5.66. The van der Waals surface area contributed by atoms with Crippen molar-refractivity contribution in [1.29, 1.82) is 0 Å². The predicted octanol–water partition coefficient (Wildman–Crippen LogP) is 5.48. The smallest absolute Gasteiger partial charge is 0.308 e. The molecule has 7 heteroatoms. The molecule has 3 atom stereocenters. The summed E-state index contributed by atoms with van der Waals surface area (Å²) in [6, 6.07) is 9.19. The van der Waals surface area contributed by atoms with Crippen molar-refractivity contribution in [2.75, 3.05) is 26.7 Å². The molecule has 0 aliphatic carbocycles. The minimum atomic E-state index is -1.19. The molecular formula is C27H29FN2O3S. The van der Waals surface area contributed by atoms with E-state index in [0.29, 0.717) is 30.8 Å². The Morgan fingerprint density at radius 1 is 1.38 bits per heavy atom. The number of pyridine rings is 1. The zero-order chi connectivity index (χ0) is 24.1. The fraction of sp³-hybridized carbons (Fsp3) is 0.407. The fourth-order valence-corrected chi connectivity index (χ4v) is 5.43. The van der Waals surface area contributed by atoms with E-state index in [-0.39, 0.29) is 12.3 Å². The van der Waals surface area contributed by atoms with Crippen LogP contribution < -0.4 is 4.74 Å². The number of hydrogen-bond acceptors (Lipinski definition) is 5. The zero-order valence-electron chi connectivity index (χ0n) is 19.5. The van der Waals surface area contributed by atoms with Gasteiger partial charge in [0.2, 0.25) is 0 Å². The number of halogens is 1. The molecule has 3 heterocycles. The van der Waals surface area contributed by atoms with Gasteiger partial charge in [0.05, 0.1) is 30.0 Å². The maximum absolute atomic E-state index is 15.4. The number of aryl methyl sites for hydroxylation is 1. The van der Waals surface area contributed by atoms with Gasteiger partial charge in [-0.2, -0.15) is 0 Å². The van der Waals surface area contributed by atoms with Gasteiger partial charge in [0.1, 0.15) is 11.9 Å². The van der Waals surface area contributed by atoms with Gasteiger partial charge >= 0.3 is 5.97 Å². The number of hydrogen-bond donors (Lipinski definition) is 1. The number of fused-ring (bicyclic) bond motifs is 1. The highest BCUT2D eigenvalue weighted by atomic mass is 32.1. The van der Waals surface area contributed by atoms with Gasteiger partial charge in [-0.15, -0.1) is 11.3 Å². The van der Waals surface area contributed by atoms with Crippen molar-refractivity contribution < 1.29 is 19.0 Å². The molecule has 5 nitrogen and oxygen atoms in total. The normalized spacial score (nSPS) is 19.4. The molecule has 34 heavy (non-hydrogen) atoms. The quantitative estimate of drug-likeness (QED) is 0.454. The van der Waals surface area contributed by atoms with Crippen molar-refractivity contribution in [1.82, 2.24) is 9.88 Å². The number of ether oxygens (including phenoxy) is 1. The lowest BCUT2D eigenvalue weighted by atomic mass is 9.81. The van der Waals surface area contributed by atoms with Crippen molar-refractivity contribution in [2.24, 2.45) is 11.8 Å². The number of carboxylic acid groups (broad SMARTS) is 1. The molecule has 1 unspecified atom stereocenters. The number of nitrogens with zero attached hydrogens (tertiary/aromatic N) is 2. The third kappa shape index (κ3) is 5.57. The summed E-state index contributed by atoms with van der Waals surface area (Å²) in [5.41, 5.74) is 2.46. The number of piperidine rings is 1. The number of rotatable bonds is 7. The number of aromatic nitrogens is 1. The van der Waals surface area contributed by atoms with Crippen LogP contribution in [0.5, 0.6) is 5.75 Å². The van der Waals surface area contributed by atoms with Crippen LogP contribution in [0, 0.1) is 30.6 Å². The van der Waals surface area contributed by atoms with Crippen LogP contribution in [-0.2, 0) is 4.79 Å². The molecule has 0 saturated carbocycles. The lowest BCUT2D eigenvalue weighted by molar-refractivity contribution is -0.146. The fourth-order valence-electron chi connectivity index (χ4n) is 4.63. The van der Waals surface area contributed by atoms with E-state index in [4.69, 9.17) is 4.74 Å². The van der Waals surface area contributed by atoms with Crippen LogP contribution in [0.2, 0.25) is 0 Å². The average molecular weight is 481 g/mol. The summed E-state index contributed by atoms with van der Waals surface area (Å²) < 4.78 is 20.6. The SMILES string of the molecule is COc1ccc2nccc(C(F)CC[C@@H]3CCN(CC#Cc4sccc4C)C[C@@H]3C(=O)O)c2c1. The highest BCUT2D eigenvalue weighted by Gasteiger charge is 2.34. The Balaban J connectivity index is 1.38. The second kappa shape index (κ2) is 11.0. The molecule has 1 saturated heterocycles. The third-order valence-electron chi connectivity index (χ3n) is 6.63. The van der Waals surface area contributed by atoms with Crippen LogP contribution in [0.15, 0.2) is 41.9 Å². The Kier molecular flexibility index (Phi) is 7.81. The molecule has 3 aromatic rings. The van der Waals surface area contributed by atoms with Crippen molar-refractivity contribution in [3.8, 4) is 17.6 Å². The summed E-state index contributed by atoms with van der Waals surface area (Å²) in [4.78, 5) is 19.5. The molecule has 0 spiro atoms. The second-order valence-corrected chi connectivity index (χ2v) is 9.71. The molecule has 2 aromatic heterocycles. The molecular weight excluding hydrogens is 451 g/mol. The Bertz CT molecular complexity index is 1220. The van der Waals surface area contributed by atoms with E-state index in [1.807, 2.05) is 36.6 Å². The van der Waals surface area contributed by atoms with E-state index in [1.54, 1.807) is 30.7 Å². The number of methoxy groups -OCH3 is 1. The van der Waals surface area contributed by atoms with Crippen LogP contribution >= 0.6 is 11.3 Å². The van der Waals surface area contributed by atoms with Crippen molar-refractivity contribution in [2.45, 2.75) is 32.4 Å². The lowest BCUT2D eigenvalue weighted by Crippen LogP contribution is -2.44.